The van der Waals surface area contributed by atoms with Crippen LogP contribution in [0, 0.1) is 0 Å². The number of benzene rings is 2. The number of carbonyl (C=O) groups excluding carboxylic acids is 1. The largest absolute Gasteiger partial charge is 0.454 e. The first-order valence-corrected chi connectivity index (χ1v) is 8.50. The quantitative estimate of drug-likeness (QED) is 0.936. The maximum Gasteiger partial charge on any atom is 0.231 e. The smallest absolute Gasteiger partial charge is 0.231 e. The second-order valence-corrected chi connectivity index (χ2v) is 6.53. The van der Waals surface area contributed by atoms with Crippen LogP contribution in [0.25, 0.3) is 0 Å². The fraction of sp³-hybridized carbons (Fsp3) is 0.350. The van der Waals surface area contributed by atoms with Gasteiger partial charge in [-0.05, 0) is 36.1 Å². The molecule has 1 saturated carbocycles. The van der Waals surface area contributed by atoms with Crippen LogP contribution in [0.3, 0.4) is 0 Å². The van der Waals surface area contributed by atoms with Crippen LogP contribution in [0.4, 0.5) is 0 Å². The van der Waals surface area contributed by atoms with Gasteiger partial charge in [-0.3, -0.25) is 4.79 Å². The summed E-state index contributed by atoms with van der Waals surface area (Å²) in [6, 6.07) is 16.0. The lowest BCUT2D eigenvalue weighted by Gasteiger charge is -2.28. The zero-order chi connectivity index (χ0) is 16.4. The summed E-state index contributed by atoms with van der Waals surface area (Å²) in [5, 5.41) is 3.14. The number of nitrogens with one attached hydrogen (secondary N) is 1. The first kappa shape index (κ1) is 15.1. The van der Waals surface area contributed by atoms with E-state index in [9.17, 15) is 4.79 Å². The molecule has 1 fully saturated rings. The normalized spacial score (nSPS) is 17.7. The van der Waals surface area contributed by atoms with Gasteiger partial charge in [-0.25, -0.2) is 0 Å². The second-order valence-electron chi connectivity index (χ2n) is 6.53. The molecule has 2 aliphatic rings. The van der Waals surface area contributed by atoms with Gasteiger partial charge in [-0.1, -0.05) is 49.2 Å². The topological polar surface area (TPSA) is 47.6 Å². The molecule has 1 N–H and O–H groups in total. The molecule has 4 rings (SSSR count). The number of hydrogen-bond donors (Lipinski definition) is 1. The van der Waals surface area contributed by atoms with Crippen molar-refractivity contribution in [2.24, 2.45) is 0 Å². The van der Waals surface area contributed by atoms with Crippen LogP contribution in [0.15, 0.2) is 48.5 Å². The Hall–Kier alpha value is -2.49. The van der Waals surface area contributed by atoms with Gasteiger partial charge in [0, 0.05) is 6.54 Å². The number of carbonyl (C=O) groups is 1. The van der Waals surface area contributed by atoms with Crippen molar-refractivity contribution < 1.29 is 14.3 Å². The van der Waals surface area contributed by atoms with Crippen LogP contribution in [0.5, 0.6) is 11.5 Å². The molecule has 124 valence electrons. The minimum atomic E-state index is -0.377. The van der Waals surface area contributed by atoms with Gasteiger partial charge < -0.3 is 14.8 Å². The van der Waals surface area contributed by atoms with Crippen molar-refractivity contribution in [2.75, 3.05) is 6.79 Å². The molecular weight excluding hydrogens is 302 g/mol. The van der Waals surface area contributed by atoms with Crippen molar-refractivity contribution in [3.05, 3.63) is 59.7 Å². The Labute approximate surface area is 141 Å². The highest BCUT2D eigenvalue weighted by Gasteiger charge is 2.42. The molecule has 0 unspecified atom stereocenters. The Morgan fingerprint density at radius 1 is 1.00 bits per heavy atom. The molecule has 2 aromatic rings. The Balaban J connectivity index is 1.50. The molecule has 4 nitrogen and oxygen atoms in total. The maximum absolute atomic E-state index is 13.0. The lowest BCUT2D eigenvalue weighted by molar-refractivity contribution is -0.126. The third-order valence-corrected chi connectivity index (χ3v) is 5.11. The Bertz CT molecular complexity index is 736. The molecule has 0 bridgehead atoms. The van der Waals surface area contributed by atoms with Crippen LogP contribution in [0.1, 0.15) is 36.8 Å². The lowest BCUT2D eigenvalue weighted by Crippen LogP contribution is -2.42. The van der Waals surface area contributed by atoms with Crippen LogP contribution < -0.4 is 14.8 Å². The van der Waals surface area contributed by atoms with Crippen molar-refractivity contribution in [1.82, 2.24) is 5.32 Å². The van der Waals surface area contributed by atoms with Crippen LogP contribution >= 0.6 is 0 Å². The minimum absolute atomic E-state index is 0.129. The summed E-state index contributed by atoms with van der Waals surface area (Å²) in [7, 11) is 0. The summed E-state index contributed by atoms with van der Waals surface area (Å²) < 4.78 is 10.7. The molecule has 4 heteroatoms. The number of rotatable bonds is 4. The van der Waals surface area contributed by atoms with E-state index in [0.717, 1.165) is 48.3 Å². The average molecular weight is 323 g/mol. The highest BCUT2D eigenvalue weighted by atomic mass is 16.7. The van der Waals surface area contributed by atoms with Gasteiger partial charge in [0.2, 0.25) is 12.7 Å². The van der Waals surface area contributed by atoms with Gasteiger partial charge in [-0.2, -0.15) is 0 Å². The molecule has 0 spiro atoms. The van der Waals surface area contributed by atoms with Gasteiger partial charge in [0.15, 0.2) is 11.5 Å². The van der Waals surface area contributed by atoms with Crippen molar-refractivity contribution in [2.45, 2.75) is 37.6 Å². The van der Waals surface area contributed by atoms with E-state index in [1.54, 1.807) is 0 Å². The number of ether oxygens (including phenoxy) is 2. The van der Waals surface area contributed by atoms with Gasteiger partial charge in [0.1, 0.15) is 0 Å². The van der Waals surface area contributed by atoms with Crippen LogP contribution in [0.2, 0.25) is 0 Å². The number of fused-ring (bicyclic) bond motifs is 1. The van der Waals surface area contributed by atoms with Crippen molar-refractivity contribution in [3.8, 4) is 11.5 Å². The zero-order valence-electron chi connectivity index (χ0n) is 13.6. The number of hydrogen-bond acceptors (Lipinski definition) is 3. The molecule has 1 aliphatic heterocycles. The zero-order valence-corrected chi connectivity index (χ0v) is 13.6. The highest BCUT2D eigenvalue weighted by molar-refractivity contribution is 5.88. The molecule has 24 heavy (non-hydrogen) atoms. The minimum Gasteiger partial charge on any atom is -0.454 e. The van der Waals surface area contributed by atoms with E-state index in [1.807, 2.05) is 36.4 Å². The number of amides is 1. The van der Waals surface area contributed by atoms with Crippen LogP contribution in [-0.2, 0) is 16.8 Å². The van der Waals surface area contributed by atoms with Gasteiger partial charge in [0.05, 0.1) is 5.41 Å². The molecule has 1 heterocycles. The standard InChI is InChI=1S/C20H21NO3/c22-19(20(10-4-5-11-20)16-6-2-1-3-7-16)21-13-15-8-9-17-18(12-15)24-14-23-17/h1-3,6-9,12H,4-5,10-11,13-14H2,(H,21,22). The Morgan fingerprint density at radius 2 is 1.75 bits per heavy atom. The van der Waals surface area contributed by atoms with Crippen molar-refractivity contribution in [3.63, 3.8) is 0 Å². The Morgan fingerprint density at radius 3 is 2.54 bits per heavy atom. The predicted octanol–water partition coefficient (Wildman–Crippen LogP) is 3.54. The second kappa shape index (κ2) is 6.19. The van der Waals surface area contributed by atoms with E-state index in [2.05, 4.69) is 17.4 Å². The fourth-order valence-electron chi connectivity index (χ4n) is 3.79. The first-order chi connectivity index (χ1) is 11.8. The average Bonchev–Trinajstić information content (AvgIpc) is 3.30. The van der Waals surface area contributed by atoms with E-state index in [-0.39, 0.29) is 18.1 Å². The van der Waals surface area contributed by atoms with E-state index in [4.69, 9.17) is 9.47 Å². The monoisotopic (exact) mass is 323 g/mol. The summed E-state index contributed by atoms with van der Waals surface area (Å²) in [4.78, 5) is 13.0. The SMILES string of the molecule is O=C(NCc1ccc2c(c1)OCO2)C1(c2ccccc2)CCCC1. The van der Waals surface area contributed by atoms with Crippen molar-refractivity contribution >= 4 is 5.91 Å². The molecule has 0 saturated heterocycles. The Kier molecular flexibility index (Phi) is 3.89. The van der Waals surface area contributed by atoms with E-state index < -0.39 is 0 Å². The molecule has 2 aromatic carbocycles. The predicted molar refractivity (Wildman–Crippen MR) is 91.0 cm³/mol. The highest BCUT2D eigenvalue weighted by Crippen LogP contribution is 2.41. The molecule has 0 radical (unpaired) electrons. The molecule has 0 atom stereocenters. The molecule has 1 amide bonds. The van der Waals surface area contributed by atoms with Crippen molar-refractivity contribution in [1.29, 1.82) is 0 Å². The van der Waals surface area contributed by atoms with Gasteiger partial charge in [-0.15, -0.1) is 0 Å². The summed E-state index contributed by atoms with van der Waals surface area (Å²) in [6.45, 7) is 0.770. The third kappa shape index (κ3) is 2.62. The van der Waals surface area contributed by atoms with E-state index >= 15 is 0 Å². The first-order valence-electron chi connectivity index (χ1n) is 8.50. The summed E-state index contributed by atoms with van der Waals surface area (Å²) in [5.41, 5.74) is 1.77. The molecular formula is C20H21NO3. The van der Waals surface area contributed by atoms with E-state index in [1.165, 1.54) is 0 Å². The summed E-state index contributed by atoms with van der Waals surface area (Å²) >= 11 is 0. The molecule has 1 aliphatic carbocycles. The van der Waals surface area contributed by atoms with E-state index in [0.29, 0.717) is 6.54 Å². The van der Waals surface area contributed by atoms with Gasteiger partial charge >= 0.3 is 0 Å². The van der Waals surface area contributed by atoms with Gasteiger partial charge in [0.25, 0.3) is 0 Å². The summed E-state index contributed by atoms with van der Waals surface area (Å²) in [5.74, 6) is 1.64. The fourth-order valence-corrected chi connectivity index (χ4v) is 3.79. The molecule has 0 aromatic heterocycles. The summed E-state index contributed by atoms with van der Waals surface area (Å²) in [6.07, 6.45) is 4.05. The van der Waals surface area contributed by atoms with Crippen LogP contribution in [-0.4, -0.2) is 12.7 Å². The third-order valence-electron chi connectivity index (χ3n) is 5.11. The lowest BCUT2D eigenvalue weighted by atomic mass is 9.78. The maximum atomic E-state index is 13.0.